The molecule has 2 fully saturated rings. The van der Waals surface area contributed by atoms with Crippen LogP contribution in [0.1, 0.15) is 31.6 Å². The SMILES string of the molecule is C[C@H]1CC[C@@H]2CO[C@H](c3ccc([N+](=O)[O-])cc3)N2C1. The number of hydrogen-bond acceptors (Lipinski definition) is 4. The lowest BCUT2D eigenvalue weighted by atomic mass is 9.94. The minimum atomic E-state index is -0.370. The summed E-state index contributed by atoms with van der Waals surface area (Å²) < 4.78 is 5.89. The summed E-state index contributed by atoms with van der Waals surface area (Å²) in [7, 11) is 0. The van der Waals surface area contributed by atoms with Gasteiger partial charge in [-0.3, -0.25) is 15.0 Å². The highest BCUT2D eigenvalue weighted by molar-refractivity contribution is 5.34. The minimum Gasteiger partial charge on any atom is -0.357 e. The normalized spacial score (nSPS) is 31.1. The van der Waals surface area contributed by atoms with E-state index in [9.17, 15) is 10.1 Å². The zero-order valence-electron chi connectivity index (χ0n) is 11.0. The summed E-state index contributed by atoms with van der Waals surface area (Å²) in [5, 5.41) is 10.7. The number of piperidine rings is 1. The number of benzene rings is 1. The molecule has 0 unspecified atom stereocenters. The second-order valence-electron chi connectivity index (χ2n) is 5.57. The molecule has 3 atom stereocenters. The van der Waals surface area contributed by atoms with Crippen LogP contribution in [-0.2, 0) is 4.74 Å². The largest absolute Gasteiger partial charge is 0.357 e. The monoisotopic (exact) mass is 262 g/mol. The van der Waals surface area contributed by atoms with Crippen molar-refractivity contribution in [3.63, 3.8) is 0 Å². The summed E-state index contributed by atoms with van der Waals surface area (Å²) in [6.07, 6.45) is 2.41. The van der Waals surface area contributed by atoms with Gasteiger partial charge in [0, 0.05) is 24.7 Å². The predicted molar refractivity (Wildman–Crippen MR) is 70.7 cm³/mol. The molecule has 3 rings (SSSR count). The molecule has 1 aromatic rings. The number of ether oxygens (including phenoxy) is 1. The molecule has 0 amide bonds. The van der Waals surface area contributed by atoms with Crippen molar-refractivity contribution in [2.75, 3.05) is 13.2 Å². The quantitative estimate of drug-likeness (QED) is 0.607. The highest BCUT2D eigenvalue weighted by Crippen LogP contribution is 2.37. The lowest BCUT2D eigenvalue weighted by molar-refractivity contribution is -0.384. The smallest absolute Gasteiger partial charge is 0.269 e. The molecule has 1 aromatic carbocycles. The van der Waals surface area contributed by atoms with Crippen LogP contribution in [-0.4, -0.2) is 29.0 Å². The summed E-state index contributed by atoms with van der Waals surface area (Å²) in [4.78, 5) is 12.7. The van der Waals surface area contributed by atoms with Crippen LogP contribution in [0.4, 0.5) is 5.69 Å². The molecule has 19 heavy (non-hydrogen) atoms. The topological polar surface area (TPSA) is 55.6 Å². The van der Waals surface area contributed by atoms with E-state index in [0.717, 1.165) is 18.7 Å². The molecule has 0 aliphatic carbocycles. The maximum Gasteiger partial charge on any atom is 0.269 e. The lowest BCUT2D eigenvalue weighted by Crippen LogP contribution is -2.40. The molecule has 5 nitrogen and oxygen atoms in total. The van der Waals surface area contributed by atoms with Crippen molar-refractivity contribution in [1.29, 1.82) is 0 Å². The van der Waals surface area contributed by atoms with Crippen molar-refractivity contribution in [2.45, 2.75) is 32.0 Å². The van der Waals surface area contributed by atoms with E-state index in [1.165, 1.54) is 12.8 Å². The van der Waals surface area contributed by atoms with Gasteiger partial charge in [-0.2, -0.15) is 0 Å². The van der Waals surface area contributed by atoms with Gasteiger partial charge in [0.05, 0.1) is 11.5 Å². The maximum atomic E-state index is 10.7. The number of nitro groups is 1. The summed E-state index contributed by atoms with van der Waals surface area (Å²) >= 11 is 0. The molecule has 0 N–H and O–H groups in total. The number of nitrogens with zero attached hydrogens (tertiary/aromatic N) is 2. The van der Waals surface area contributed by atoms with E-state index in [1.807, 2.05) is 12.1 Å². The minimum absolute atomic E-state index is 0.0337. The Morgan fingerprint density at radius 2 is 2.05 bits per heavy atom. The Morgan fingerprint density at radius 1 is 1.32 bits per heavy atom. The van der Waals surface area contributed by atoms with Crippen molar-refractivity contribution >= 4 is 5.69 Å². The number of fused-ring (bicyclic) bond motifs is 1. The molecule has 0 spiro atoms. The Hall–Kier alpha value is -1.46. The van der Waals surface area contributed by atoms with Gasteiger partial charge in [-0.1, -0.05) is 6.92 Å². The van der Waals surface area contributed by atoms with Crippen LogP contribution in [0.3, 0.4) is 0 Å². The van der Waals surface area contributed by atoms with Gasteiger partial charge in [0.1, 0.15) is 6.23 Å². The molecule has 0 radical (unpaired) electrons. The fourth-order valence-electron chi connectivity index (χ4n) is 3.06. The first-order valence-electron chi connectivity index (χ1n) is 6.77. The van der Waals surface area contributed by atoms with Gasteiger partial charge in [0.25, 0.3) is 5.69 Å². The molecule has 2 aliphatic heterocycles. The van der Waals surface area contributed by atoms with Crippen molar-refractivity contribution in [3.05, 3.63) is 39.9 Å². The standard InChI is InChI=1S/C14H18N2O3/c1-10-2-5-13-9-19-14(15(13)8-10)11-3-6-12(7-4-11)16(17)18/h3-4,6-7,10,13-14H,2,5,8-9H2,1H3/t10-,13+,14+/m0/s1. The molecule has 2 heterocycles. The van der Waals surface area contributed by atoms with Crippen LogP contribution in [0.25, 0.3) is 0 Å². The van der Waals surface area contributed by atoms with Crippen molar-refractivity contribution in [2.24, 2.45) is 5.92 Å². The lowest BCUT2D eigenvalue weighted by Gasteiger charge is -2.35. The fourth-order valence-corrected chi connectivity index (χ4v) is 3.06. The third-order valence-electron chi connectivity index (χ3n) is 4.12. The molecular formula is C14H18N2O3. The second kappa shape index (κ2) is 4.90. The Bertz CT molecular complexity index is 474. The maximum absolute atomic E-state index is 10.7. The van der Waals surface area contributed by atoms with E-state index < -0.39 is 0 Å². The second-order valence-corrected chi connectivity index (χ2v) is 5.57. The van der Waals surface area contributed by atoms with E-state index in [-0.39, 0.29) is 16.8 Å². The van der Waals surface area contributed by atoms with Crippen LogP contribution in [0.15, 0.2) is 24.3 Å². The van der Waals surface area contributed by atoms with Gasteiger partial charge >= 0.3 is 0 Å². The summed E-state index contributed by atoms with van der Waals surface area (Å²) in [5.74, 6) is 0.693. The Labute approximate surface area is 112 Å². The summed E-state index contributed by atoms with van der Waals surface area (Å²) in [6.45, 7) is 4.09. The average molecular weight is 262 g/mol. The number of hydrogen-bond donors (Lipinski definition) is 0. The van der Waals surface area contributed by atoms with Crippen molar-refractivity contribution in [3.8, 4) is 0 Å². The third-order valence-corrected chi connectivity index (χ3v) is 4.12. The zero-order chi connectivity index (χ0) is 13.4. The highest BCUT2D eigenvalue weighted by atomic mass is 16.6. The van der Waals surface area contributed by atoms with Crippen LogP contribution in [0.2, 0.25) is 0 Å². The summed E-state index contributed by atoms with van der Waals surface area (Å²) in [5.41, 5.74) is 1.15. The molecule has 2 aliphatic rings. The average Bonchev–Trinajstić information content (AvgIpc) is 2.81. The van der Waals surface area contributed by atoms with E-state index in [1.54, 1.807) is 12.1 Å². The Balaban J connectivity index is 1.80. The molecule has 0 saturated carbocycles. The van der Waals surface area contributed by atoms with Gasteiger partial charge in [0.15, 0.2) is 0 Å². The Kier molecular flexibility index (Phi) is 3.24. The van der Waals surface area contributed by atoms with E-state index in [4.69, 9.17) is 4.74 Å². The number of rotatable bonds is 2. The number of nitro benzene ring substituents is 1. The van der Waals surface area contributed by atoms with Crippen molar-refractivity contribution in [1.82, 2.24) is 4.90 Å². The van der Waals surface area contributed by atoms with Gasteiger partial charge in [-0.25, -0.2) is 0 Å². The molecule has 102 valence electrons. The van der Waals surface area contributed by atoms with E-state index >= 15 is 0 Å². The van der Waals surface area contributed by atoms with Crippen LogP contribution < -0.4 is 0 Å². The summed E-state index contributed by atoms with van der Waals surface area (Å²) in [6, 6.07) is 7.24. The molecule has 0 bridgehead atoms. The highest BCUT2D eigenvalue weighted by Gasteiger charge is 2.38. The molecule has 5 heteroatoms. The van der Waals surface area contributed by atoms with Gasteiger partial charge < -0.3 is 4.74 Å². The van der Waals surface area contributed by atoms with Gasteiger partial charge in [0.2, 0.25) is 0 Å². The molecule has 0 aromatic heterocycles. The first-order valence-corrected chi connectivity index (χ1v) is 6.77. The first-order chi connectivity index (χ1) is 9.15. The van der Waals surface area contributed by atoms with Crippen LogP contribution in [0.5, 0.6) is 0 Å². The predicted octanol–water partition coefficient (Wildman–Crippen LogP) is 2.72. The van der Waals surface area contributed by atoms with Crippen LogP contribution >= 0.6 is 0 Å². The number of non-ortho nitro benzene ring substituents is 1. The molecule has 2 saturated heterocycles. The van der Waals surface area contributed by atoms with E-state index in [0.29, 0.717) is 12.0 Å². The molecular weight excluding hydrogens is 244 g/mol. The first kappa shape index (κ1) is 12.6. The van der Waals surface area contributed by atoms with E-state index in [2.05, 4.69) is 11.8 Å². The fraction of sp³-hybridized carbons (Fsp3) is 0.571. The third kappa shape index (κ3) is 2.35. The van der Waals surface area contributed by atoms with Gasteiger partial charge in [-0.05, 0) is 36.5 Å². The van der Waals surface area contributed by atoms with Crippen LogP contribution in [0, 0.1) is 16.0 Å². The van der Waals surface area contributed by atoms with Crippen molar-refractivity contribution < 1.29 is 9.66 Å². The zero-order valence-corrected chi connectivity index (χ0v) is 11.0. The Morgan fingerprint density at radius 3 is 2.74 bits per heavy atom. The van der Waals surface area contributed by atoms with Gasteiger partial charge in [-0.15, -0.1) is 0 Å².